The zero-order valence-corrected chi connectivity index (χ0v) is 8.51. The molecule has 0 aromatic heterocycles. The Morgan fingerprint density at radius 1 is 1.27 bits per heavy atom. The Hall–Kier alpha value is 0.180. The van der Waals surface area contributed by atoms with E-state index in [-0.39, 0.29) is 4.51 Å². The van der Waals surface area contributed by atoms with Crippen LogP contribution in [0.25, 0.3) is 0 Å². The van der Waals surface area contributed by atoms with Crippen LogP contribution in [-0.4, -0.2) is 11.1 Å². The van der Waals surface area contributed by atoms with Crippen LogP contribution in [0.15, 0.2) is 0 Å². The second kappa shape index (κ2) is 8.28. The molecular weight excluding hydrogens is 180 g/mol. The van der Waals surface area contributed by atoms with Crippen molar-refractivity contribution in [3.63, 3.8) is 0 Å². The minimum atomic E-state index is 0.139. The molecule has 0 N–H and O–H groups in total. The van der Waals surface area contributed by atoms with Crippen LogP contribution >= 0.6 is 23.8 Å². The number of unbranched alkanes of at least 4 members (excludes halogenated alkanes) is 4. The molecule has 0 aliphatic heterocycles. The Labute approximate surface area is 79.1 Å². The molecule has 0 aliphatic rings. The maximum Gasteiger partial charge on any atom is 0.255 e. The second-order valence-electron chi connectivity index (χ2n) is 2.50. The van der Waals surface area contributed by atoms with E-state index in [0.29, 0.717) is 6.61 Å². The molecule has 0 spiro atoms. The molecule has 0 aliphatic carbocycles. The lowest BCUT2D eigenvalue weighted by atomic mass is 10.2. The van der Waals surface area contributed by atoms with E-state index in [1.54, 1.807) is 0 Å². The molecule has 0 rings (SSSR count). The molecule has 0 bridgehead atoms. The number of halogens is 1. The molecule has 0 fully saturated rings. The molecule has 0 unspecified atom stereocenters. The highest BCUT2D eigenvalue weighted by atomic mass is 35.5. The molecule has 0 radical (unpaired) electrons. The smallest absolute Gasteiger partial charge is 0.255 e. The van der Waals surface area contributed by atoms with Crippen molar-refractivity contribution in [1.29, 1.82) is 0 Å². The first kappa shape index (κ1) is 11.2. The summed E-state index contributed by atoms with van der Waals surface area (Å²) < 4.78 is 5.06. The lowest BCUT2D eigenvalue weighted by Gasteiger charge is -2.00. The maximum atomic E-state index is 5.33. The first-order valence-corrected chi connectivity index (χ1v) is 4.88. The van der Waals surface area contributed by atoms with Gasteiger partial charge in [0.1, 0.15) is 0 Å². The average Bonchev–Trinajstić information content (AvgIpc) is 1.96. The summed E-state index contributed by atoms with van der Waals surface area (Å²) in [5.74, 6) is 0. The van der Waals surface area contributed by atoms with Crippen LogP contribution in [-0.2, 0) is 4.74 Å². The van der Waals surface area contributed by atoms with Gasteiger partial charge < -0.3 is 4.74 Å². The van der Waals surface area contributed by atoms with Gasteiger partial charge in [-0.25, -0.2) is 0 Å². The van der Waals surface area contributed by atoms with Crippen molar-refractivity contribution >= 4 is 28.3 Å². The number of thiocarbonyl (C=S) groups is 1. The van der Waals surface area contributed by atoms with E-state index in [9.17, 15) is 0 Å². The summed E-state index contributed by atoms with van der Waals surface area (Å²) in [6.45, 7) is 2.87. The van der Waals surface area contributed by atoms with Crippen LogP contribution in [0.1, 0.15) is 39.0 Å². The number of rotatable bonds is 6. The summed E-state index contributed by atoms with van der Waals surface area (Å²) in [6.07, 6.45) is 6.15. The van der Waals surface area contributed by atoms with Crippen molar-refractivity contribution in [1.82, 2.24) is 0 Å². The topological polar surface area (TPSA) is 9.23 Å². The molecule has 0 saturated carbocycles. The first-order chi connectivity index (χ1) is 5.27. The molecule has 0 atom stereocenters. The summed E-state index contributed by atoms with van der Waals surface area (Å²) in [6, 6.07) is 0. The highest BCUT2D eigenvalue weighted by Gasteiger charge is 1.91. The number of hydrogen-bond acceptors (Lipinski definition) is 2. The molecule has 0 aromatic carbocycles. The molecule has 66 valence electrons. The summed E-state index contributed by atoms with van der Waals surface area (Å²) in [5, 5.41) is 0. The normalized spacial score (nSPS) is 9.64. The Balaban J connectivity index is 2.85. The molecule has 0 heterocycles. The van der Waals surface area contributed by atoms with Crippen LogP contribution in [0.3, 0.4) is 0 Å². The predicted octanol–water partition coefficient (Wildman–Crippen LogP) is 3.50. The van der Waals surface area contributed by atoms with Crippen LogP contribution < -0.4 is 0 Å². The lowest BCUT2D eigenvalue weighted by molar-refractivity contribution is 0.307. The van der Waals surface area contributed by atoms with Gasteiger partial charge in [0.25, 0.3) is 4.51 Å². The first-order valence-electron chi connectivity index (χ1n) is 4.09. The summed E-state index contributed by atoms with van der Waals surface area (Å²) >= 11 is 9.87. The monoisotopic (exact) mass is 194 g/mol. The van der Waals surface area contributed by atoms with Gasteiger partial charge in [0.2, 0.25) is 0 Å². The second-order valence-corrected chi connectivity index (χ2v) is 3.44. The fourth-order valence-electron chi connectivity index (χ4n) is 0.858. The van der Waals surface area contributed by atoms with Crippen molar-refractivity contribution in [2.45, 2.75) is 39.0 Å². The Kier molecular flexibility index (Phi) is 8.41. The zero-order valence-electron chi connectivity index (χ0n) is 6.94. The third kappa shape index (κ3) is 10.2. The van der Waals surface area contributed by atoms with Crippen molar-refractivity contribution < 1.29 is 4.74 Å². The van der Waals surface area contributed by atoms with E-state index < -0.39 is 0 Å². The fourth-order valence-corrected chi connectivity index (χ4v) is 1.02. The van der Waals surface area contributed by atoms with Gasteiger partial charge in [0.05, 0.1) is 6.61 Å². The molecule has 0 amide bonds. The van der Waals surface area contributed by atoms with Crippen LogP contribution in [0.5, 0.6) is 0 Å². The van der Waals surface area contributed by atoms with E-state index >= 15 is 0 Å². The highest BCUT2D eigenvalue weighted by molar-refractivity contribution is 7.82. The molecule has 11 heavy (non-hydrogen) atoms. The number of hydrogen-bond donors (Lipinski definition) is 0. The SMILES string of the molecule is CCCCCCCOC(=S)Cl. The molecule has 0 saturated heterocycles. The van der Waals surface area contributed by atoms with E-state index in [2.05, 4.69) is 19.1 Å². The predicted molar refractivity (Wildman–Crippen MR) is 53.2 cm³/mol. The maximum absolute atomic E-state index is 5.33. The number of ether oxygens (including phenoxy) is 1. The fraction of sp³-hybridized carbons (Fsp3) is 0.875. The summed E-state index contributed by atoms with van der Waals surface area (Å²) in [4.78, 5) is 0. The molecule has 3 heteroatoms. The minimum Gasteiger partial charge on any atom is -0.475 e. The summed E-state index contributed by atoms with van der Waals surface area (Å²) in [7, 11) is 0. The highest BCUT2D eigenvalue weighted by Crippen LogP contribution is 2.02. The van der Waals surface area contributed by atoms with E-state index in [0.717, 1.165) is 6.42 Å². The van der Waals surface area contributed by atoms with Crippen molar-refractivity contribution in [2.75, 3.05) is 6.61 Å². The van der Waals surface area contributed by atoms with E-state index in [1.807, 2.05) is 0 Å². The summed E-state index contributed by atoms with van der Waals surface area (Å²) in [5.41, 5.74) is 0. The van der Waals surface area contributed by atoms with Crippen molar-refractivity contribution in [3.05, 3.63) is 0 Å². The van der Waals surface area contributed by atoms with Crippen molar-refractivity contribution in [3.8, 4) is 0 Å². The zero-order chi connectivity index (χ0) is 8.53. The van der Waals surface area contributed by atoms with Crippen LogP contribution in [0.2, 0.25) is 0 Å². The van der Waals surface area contributed by atoms with Gasteiger partial charge >= 0.3 is 0 Å². The van der Waals surface area contributed by atoms with Gasteiger partial charge in [-0.05, 0) is 30.2 Å². The molecule has 0 aromatic rings. The van der Waals surface area contributed by atoms with Crippen LogP contribution in [0.4, 0.5) is 0 Å². The van der Waals surface area contributed by atoms with Gasteiger partial charge in [-0.3, -0.25) is 0 Å². The third-order valence-corrected chi connectivity index (χ3v) is 1.69. The van der Waals surface area contributed by atoms with Gasteiger partial charge in [-0.2, -0.15) is 0 Å². The van der Waals surface area contributed by atoms with E-state index in [4.69, 9.17) is 16.3 Å². The Morgan fingerprint density at radius 2 is 1.91 bits per heavy atom. The van der Waals surface area contributed by atoms with Crippen LogP contribution in [0, 0.1) is 0 Å². The van der Waals surface area contributed by atoms with Crippen molar-refractivity contribution in [2.24, 2.45) is 0 Å². The average molecular weight is 195 g/mol. The molecular formula is C8H15ClOS. The third-order valence-electron chi connectivity index (χ3n) is 1.46. The molecule has 1 nitrogen and oxygen atoms in total. The van der Waals surface area contributed by atoms with Gasteiger partial charge in [-0.1, -0.05) is 32.6 Å². The lowest BCUT2D eigenvalue weighted by Crippen LogP contribution is -1.95. The van der Waals surface area contributed by atoms with Gasteiger partial charge in [0, 0.05) is 0 Å². The van der Waals surface area contributed by atoms with Gasteiger partial charge in [0.15, 0.2) is 0 Å². The largest absolute Gasteiger partial charge is 0.475 e. The van der Waals surface area contributed by atoms with E-state index in [1.165, 1.54) is 25.7 Å². The quantitative estimate of drug-likeness (QED) is 0.364. The van der Waals surface area contributed by atoms with Gasteiger partial charge in [-0.15, -0.1) is 0 Å². The minimum absolute atomic E-state index is 0.139. The Bertz CT molecular complexity index is 106. The Morgan fingerprint density at radius 3 is 2.45 bits per heavy atom. The standard InChI is InChI=1S/C8H15ClOS/c1-2-3-4-5-6-7-10-8(9)11/h2-7H2,1H3.